The Hall–Kier alpha value is -2.55. The molecule has 1 aromatic heterocycles. The molecule has 0 saturated carbocycles. The zero-order valence-corrected chi connectivity index (χ0v) is 9.77. The molecule has 0 fully saturated rings. The number of aromatic nitrogens is 1. The Balaban J connectivity index is 2.16. The fraction of sp³-hybridized carbons (Fsp3) is 0.250. The van der Waals surface area contributed by atoms with Crippen molar-refractivity contribution in [3.05, 3.63) is 28.3 Å². The third-order valence-electron chi connectivity index (χ3n) is 2.29. The largest absolute Gasteiger partial charge is 0.423 e. The van der Waals surface area contributed by atoms with Crippen molar-refractivity contribution in [3.8, 4) is 11.8 Å². The average molecular weight is 245 g/mol. The van der Waals surface area contributed by atoms with Crippen LogP contribution in [0.2, 0.25) is 0 Å². The number of non-ortho nitro benzene ring substituents is 1. The first kappa shape index (κ1) is 11.9. The predicted molar refractivity (Wildman–Crippen MR) is 67.2 cm³/mol. The standard InChI is InChI=1S/C12H11N3O3/c1-2-3-4-7-13-12-14-10-6-5-9(15(16)17)8-11(10)18-12/h5-6,8H,4,7H2,1H3,(H,13,14). The van der Waals surface area contributed by atoms with Crippen LogP contribution in [0.4, 0.5) is 11.7 Å². The molecule has 6 heteroatoms. The van der Waals surface area contributed by atoms with Gasteiger partial charge in [0, 0.05) is 19.0 Å². The van der Waals surface area contributed by atoms with Gasteiger partial charge in [-0.15, -0.1) is 11.8 Å². The van der Waals surface area contributed by atoms with Gasteiger partial charge in [-0.2, -0.15) is 4.98 Å². The molecule has 0 bridgehead atoms. The number of nitro benzene ring substituents is 1. The highest BCUT2D eigenvalue weighted by atomic mass is 16.6. The van der Waals surface area contributed by atoms with E-state index in [-0.39, 0.29) is 5.69 Å². The first-order chi connectivity index (χ1) is 8.70. The Kier molecular flexibility index (Phi) is 3.44. The Morgan fingerprint density at radius 3 is 3.11 bits per heavy atom. The van der Waals surface area contributed by atoms with Crippen LogP contribution in [0.15, 0.2) is 22.6 Å². The fourth-order valence-electron chi connectivity index (χ4n) is 1.46. The number of oxazole rings is 1. The second kappa shape index (κ2) is 5.19. The summed E-state index contributed by atoms with van der Waals surface area (Å²) in [7, 11) is 0. The molecule has 0 saturated heterocycles. The Labute approximate surface area is 103 Å². The molecule has 1 N–H and O–H groups in total. The molecule has 0 amide bonds. The molecule has 6 nitrogen and oxygen atoms in total. The third kappa shape index (κ3) is 2.58. The van der Waals surface area contributed by atoms with E-state index < -0.39 is 4.92 Å². The number of nitro groups is 1. The Morgan fingerprint density at radius 1 is 1.56 bits per heavy atom. The first-order valence-electron chi connectivity index (χ1n) is 5.39. The SMILES string of the molecule is CC#CCCNc1nc2ccc([N+](=O)[O-])cc2o1. The van der Waals surface area contributed by atoms with Gasteiger partial charge in [0.1, 0.15) is 5.52 Å². The molecule has 2 aromatic rings. The molecule has 0 aliphatic carbocycles. The maximum atomic E-state index is 10.6. The second-order valence-electron chi connectivity index (χ2n) is 3.53. The van der Waals surface area contributed by atoms with E-state index in [2.05, 4.69) is 22.1 Å². The maximum Gasteiger partial charge on any atom is 0.295 e. The molecule has 0 aliphatic rings. The highest BCUT2D eigenvalue weighted by Crippen LogP contribution is 2.23. The van der Waals surface area contributed by atoms with Crippen molar-refractivity contribution in [3.63, 3.8) is 0 Å². The Morgan fingerprint density at radius 2 is 2.39 bits per heavy atom. The van der Waals surface area contributed by atoms with E-state index in [9.17, 15) is 10.1 Å². The summed E-state index contributed by atoms with van der Waals surface area (Å²) in [6, 6.07) is 4.67. The summed E-state index contributed by atoms with van der Waals surface area (Å²) in [6.45, 7) is 2.40. The van der Waals surface area contributed by atoms with Crippen LogP contribution >= 0.6 is 0 Å². The van der Waals surface area contributed by atoms with Gasteiger partial charge in [0.15, 0.2) is 5.58 Å². The van der Waals surface area contributed by atoms with Gasteiger partial charge in [0.25, 0.3) is 11.7 Å². The fourth-order valence-corrected chi connectivity index (χ4v) is 1.46. The van der Waals surface area contributed by atoms with Gasteiger partial charge >= 0.3 is 0 Å². The smallest absolute Gasteiger partial charge is 0.295 e. The number of nitrogens with one attached hydrogen (secondary N) is 1. The van der Waals surface area contributed by atoms with Crippen molar-refractivity contribution in [2.75, 3.05) is 11.9 Å². The van der Waals surface area contributed by atoms with Crippen LogP contribution in [0, 0.1) is 22.0 Å². The number of benzene rings is 1. The highest BCUT2D eigenvalue weighted by Gasteiger charge is 2.11. The molecule has 1 aromatic carbocycles. The minimum absolute atomic E-state index is 0.0120. The monoisotopic (exact) mass is 245 g/mol. The highest BCUT2D eigenvalue weighted by molar-refractivity contribution is 5.77. The lowest BCUT2D eigenvalue weighted by Gasteiger charge is -1.95. The van der Waals surface area contributed by atoms with Gasteiger partial charge in [-0.3, -0.25) is 10.1 Å². The topological polar surface area (TPSA) is 81.2 Å². The number of fused-ring (bicyclic) bond motifs is 1. The number of anilines is 1. The molecule has 2 rings (SSSR count). The van der Waals surface area contributed by atoms with E-state index in [0.717, 1.165) is 0 Å². The average Bonchev–Trinajstić information content (AvgIpc) is 2.76. The van der Waals surface area contributed by atoms with Gasteiger partial charge in [-0.05, 0) is 13.0 Å². The molecule has 0 radical (unpaired) electrons. The number of hydrogen-bond acceptors (Lipinski definition) is 5. The summed E-state index contributed by atoms with van der Waals surface area (Å²) in [6.07, 6.45) is 0.690. The van der Waals surface area contributed by atoms with Crippen LogP contribution in [0.3, 0.4) is 0 Å². The zero-order valence-electron chi connectivity index (χ0n) is 9.77. The maximum absolute atomic E-state index is 10.6. The van der Waals surface area contributed by atoms with Gasteiger partial charge in [-0.1, -0.05) is 0 Å². The van der Waals surface area contributed by atoms with E-state index in [0.29, 0.717) is 30.1 Å². The molecular weight excluding hydrogens is 234 g/mol. The summed E-state index contributed by atoms with van der Waals surface area (Å²) in [5.74, 6) is 5.69. The summed E-state index contributed by atoms with van der Waals surface area (Å²) < 4.78 is 5.36. The van der Waals surface area contributed by atoms with Gasteiger partial charge in [-0.25, -0.2) is 0 Å². The summed E-state index contributed by atoms with van der Waals surface area (Å²) in [4.78, 5) is 14.3. The third-order valence-corrected chi connectivity index (χ3v) is 2.29. The molecule has 0 unspecified atom stereocenters. The molecule has 0 spiro atoms. The minimum Gasteiger partial charge on any atom is -0.423 e. The van der Waals surface area contributed by atoms with Crippen molar-refractivity contribution in [2.24, 2.45) is 0 Å². The van der Waals surface area contributed by atoms with Crippen LogP contribution in [0.5, 0.6) is 0 Å². The molecule has 1 heterocycles. The van der Waals surface area contributed by atoms with Gasteiger partial charge in [0.05, 0.1) is 11.0 Å². The summed E-state index contributed by atoms with van der Waals surface area (Å²) in [5.41, 5.74) is 0.972. The summed E-state index contributed by atoms with van der Waals surface area (Å²) >= 11 is 0. The lowest BCUT2D eigenvalue weighted by molar-refractivity contribution is -0.384. The van der Waals surface area contributed by atoms with E-state index in [1.54, 1.807) is 13.0 Å². The van der Waals surface area contributed by atoms with Crippen molar-refractivity contribution in [1.29, 1.82) is 0 Å². The van der Waals surface area contributed by atoms with Crippen molar-refractivity contribution >= 4 is 22.8 Å². The lowest BCUT2D eigenvalue weighted by Crippen LogP contribution is -1.99. The molecule has 92 valence electrons. The molecule has 18 heavy (non-hydrogen) atoms. The van der Waals surface area contributed by atoms with E-state index in [1.807, 2.05) is 0 Å². The number of rotatable bonds is 4. The van der Waals surface area contributed by atoms with E-state index in [1.165, 1.54) is 12.1 Å². The lowest BCUT2D eigenvalue weighted by atomic mass is 10.3. The number of hydrogen-bond donors (Lipinski definition) is 1. The van der Waals surface area contributed by atoms with Crippen LogP contribution in [0.25, 0.3) is 11.1 Å². The molecule has 0 aliphatic heterocycles. The quantitative estimate of drug-likeness (QED) is 0.387. The van der Waals surface area contributed by atoms with Crippen molar-refractivity contribution in [1.82, 2.24) is 4.98 Å². The normalized spacial score (nSPS) is 9.83. The zero-order chi connectivity index (χ0) is 13.0. The van der Waals surface area contributed by atoms with Crippen molar-refractivity contribution in [2.45, 2.75) is 13.3 Å². The predicted octanol–water partition coefficient (Wildman–Crippen LogP) is 2.56. The van der Waals surface area contributed by atoms with Crippen molar-refractivity contribution < 1.29 is 9.34 Å². The van der Waals surface area contributed by atoms with Crippen LogP contribution in [-0.4, -0.2) is 16.5 Å². The van der Waals surface area contributed by atoms with Gasteiger partial charge in [0.2, 0.25) is 0 Å². The van der Waals surface area contributed by atoms with Gasteiger partial charge < -0.3 is 9.73 Å². The first-order valence-corrected chi connectivity index (χ1v) is 5.39. The van der Waals surface area contributed by atoms with Crippen LogP contribution < -0.4 is 5.32 Å². The minimum atomic E-state index is -0.466. The molecule has 0 atom stereocenters. The number of nitrogens with zero attached hydrogens (tertiary/aromatic N) is 2. The van der Waals surface area contributed by atoms with E-state index in [4.69, 9.17) is 4.42 Å². The summed E-state index contributed by atoms with van der Waals surface area (Å²) in [5, 5.41) is 13.6. The van der Waals surface area contributed by atoms with E-state index >= 15 is 0 Å². The second-order valence-corrected chi connectivity index (χ2v) is 3.53. The molecular formula is C12H11N3O3. The van der Waals surface area contributed by atoms with Crippen LogP contribution in [0.1, 0.15) is 13.3 Å². The van der Waals surface area contributed by atoms with Crippen LogP contribution in [-0.2, 0) is 0 Å². The Bertz CT molecular complexity index is 637.